The molecule has 1 N–H and O–H groups in total. The Kier molecular flexibility index (Phi) is 2.63. The third-order valence-corrected chi connectivity index (χ3v) is 2.67. The zero-order chi connectivity index (χ0) is 11.7. The molecule has 1 amide bonds. The van der Waals surface area contributed by atoms with E-state index < -0.39 is 6.10 Å². The van der Waals surface area contributed by atoms with Crippen LogP contribution >= 0.6 is 0 Å². The molecule has 1 saturated heterocycles. The van der Waals surface area contributed by atoms with Crippen LogP contribution < -0.4 is 4.90 Å². The van der Waals surface area contributed by atoms with Crippen molar-refractivity contribution in [2.75, 3.05) is 11.4 Å². The maximum Gasteiger partial charge on any atom is 0.229 e. The Labute approximate surface area is 93.7 Å². The molecule has 0 aliphatic carbocycles. The van der Waals surface area contributed by atoms with Gasteiger partial charge in [-0.3, -0.25) is 4.79 Å². The third kappa shape index (κ3) is 1.77. The smallest absolute Gasteiger partial charge is 0.229 e. The normalized spacial score (nSPS) is 19.9. The van der Waals surface area contributed by atoms with E-state index in [0.717, 1.165) is 5.56 Å². The van der Waals surface area contributed by atoms with Gasteiger partial charge in [-0.2, -0.15) is 5.26 Å². The number of hydrogen-bond donors (Lipinski definition) is 1. The van der Waals surface area contributed by atoms with Crippen molar-refractivity contribution in [2.24, 2.45) is 0 Å². The van der Waals surface area contributed by atoms with E-state index in [1.54, 1.807) is 12.1 Å². The molecule has 1 atom stereocenters. The zero-order valence-corrected chi connectivity index (χ0v) is 8.97. The van der Waals surface area contributed by atoms with Crippen molar-refractivity contribution in [2.45, 2.75) is 19.4 Å². The molecule has 4 heteroatoms. The van der Waals surface area contributed by atoms with E-state index in [9.17, 15) is 9.90 Å². The van der Waals surface area contributed by atoms with E-state index in [1.807, 2.05) is 13.0 Å². The maximum atomic E-state index is 11.6. The van der Waals surface area contributed by atoms with Crippen LogP contribution in [0, 0.1) is 18.3 Å². The summed E-state index contributed by atoms with van der Waals surface area (Å²) in [6.07, 6.45) is -0.488. The van der Waals surface area contributed by atoms with E-state index in [2.05, 4.69) is 6.07 Å². The molecule has 1 unspecified atom stereocenters. The first-order valence-corrected chi connectivity index (χ1v) is 5.11. The molecular weight excluding hydrogens is 204 g/mol. The first-order chi connectivity index (χ1) is 7.61. The summed E-state index contributed by atoms with van der Waals surface area (Å²) in [6, 6.07) is 7.39. The number of amides is 1. The molecule has 1 fully saturated rings. The fourth-order valence-electron chi connectivity index (χ4n) is 1.88. The average molecular weight is 216 g/mol. The fourth-order valence-corrected chi connectivity index (χ4v) is 1.88. The Morgan fingerprint density at radius 3 is 2.88 bits per heavy atom. The molecule has 82 valence electrons. The van der Waals surface area contributed by atoms with E-state index in [0.29, 0.717) is 11.3 Å². The van der Waals surface area contributed by atoms with Crippen LogP contribution in [0.2, 0.25) is 0 Å². The highest BCUT2D eigenvalue weighted by Gasteiger charge is 2.30. The number of nitriles is 1. The summed E-state index contributed by atoms with van der Waals surface area (Å²) in [4.78, 5) is 13.1. The topological polar surface area (TPSA) is 64.3 Å². The first kappa shape index (κ1) is 10.7. The van der Waals surface area contributed by atoms with Gasteiger partial charge in [0.1, 0.15) is 6.07 Å². The van der Waals surface area contributed by atoms with E-state index >= 15 is 0 Å². The van der Waals surface area contributed by atoms with Gasteiger partial charge in [0.15, 0.2) is 0 Å². The molecule has 0 aromatic heterocycles. The lowest BCUT2D eigenvalue weighted by molar-refractivity contribution is -0.117. The molecule has 1 aliphatic rings. The van der Waals surface area contributed by atoms with Gasteiger partial charge < -0.3 is 10.0 Å². The molecule has 1 aromatic carbocycles. The summed E-state index contributed by atoms with van der Waals surface area (Å²) in [5.41, 5.74) is 2.06. The van der Waals surface area contributed by atoms with Crippen molar-refractivity contribution in [3.8, 4) is 6.07 Å². The number of nitrogens with zero attached hydrogens (tertiary/aromatic N) is 2. The van der Waals surface area contributed by atoms with Gasteiger partial charge in [0.25, 0.3) is 0 Å². The van der Waals surface area contributed by atoms with Gasteiger partial charge in [0.05, 0.1) is 30.3 Å². The Morgan fingerprint density at radius 2 is 2.31 bits per heavy atom. The Hall–Kier alpha value is -1.86. The van der Waals surface area contributed by atoms with Crippen molar-refractivity contribution in [1.29, 1.82) is 5.26 Å². The van der Waals surface area contributed by atoms with Crippen molar-refractivity contribution in [1.82, 2.24) is 0 Å². The molecule has 0 bridgehead atoms. The lowest BCUT2D eigenvalue weighted by atomic mass is 10.1. The molecule has 0 spiro atoms. The number of carbonyl (C=O) groups is 1. The molecule has 4 nitrogen and oxygen atoms in total. The number of aliphatic hydroxyl groups excluding tert-OH is 1. The highest BCUT2D eigenvalue weighted by Crippen LogP contribution is 2.26. The number of benzene rings is 1. The standard InChI is InChI=1S/C12H12N2O2/c1-8-2-3-9(6-13)11(4-8)14-7-10(15)5-12(14)16/h2-4,10,15H,5,7H2,1H3. The molecule has 1 aliphatic heterocycles. The summed E-state index contributed by atoms with van der Waals surface area (Å²) in [5, 5.41) is 18.4. The highest BCUT2D eigenvalue weighted by atomic mass is 16.3. The lowest BCUT2D eigenvalue weighted by Gasteiger charge is -2.17. The number of β-amino-alcohol motifs (C(OH)–C–C–N with tert-alkyl or cyclic N) is 1. The summed E-state index contributed by atoms with van der Waals surface area (Å²) in [6.45, 7) is 2.18. The van der Waals surface area contributed by atoms with Crippen molar-refractivity contribution < 1.29 is 9.90 Å². The number of carbonyl (C=O) groups excluding carboxylic acids is 1. The van der Waals surface area contributed by atoms with Crippen LogP contribution in [-0.4, -0.2) is 23.7 Å². The minimum Gasteiger partial charge on any atom is -0.391 e. The van der Waals surface area contributed by atoms with Gasteiger partial charge in [-0.1, -0.05) is 6.07 Å². The fraction of sp³-hybridized carbons (Fsp3) is 0.333. The van der Waals surface area contributed by atoms with Crippen molar-refractivity contribution in [3.05, 3.63) is 29.3 Å². The number of aliphatic hydroxyl groups is 1. The van der Waals surface area contributed by atoms with Gasteiger partial charge in [-0.25, -0.2) is 0 Å². The second kappa shape index (κ2) is 3.95. The van der Waals surface area contributed by atoms with Crippen LogP contribution in [0.5, 0.6) is 0 Å². The number of anilines is 1. The predicted molar refractivity (Wildman–Crippen MR) is 58.9 cm³/mol. The quantitative estimate of drug-likeness (QED) is 0.760. The third-order valence-electron chi connectivity index (χ3n) is 2.67. The molecule has 1 heterocycles. The average Bonchev–Trinajstić information content (AvgIpc) is 2.57. The highest BCUT2D eigenvalue weighted by molar-refractivity contribution is 5.97. The number of rotatable bonds is 1. The molecule has 16 heavy (non-hydrogen) atoms. The van der Waals surface area contributed by atoms with E-state index in [4.69, 9.17) is 5.26 Å². The van der Waals surface area contributed by atoms with Crippen LogP contribution in [0.25, 0.3) is 0 Å². The number of hydrogen-bond acceptors (Lipinski definition) is 3. The largest absolute Gasteiger partial charge is 0.391 e. The van der Waals surface area contributed by atoms with Crippen LogP contribution in [0.4, 0.5) is 5.69 Å². The molecular formula is C12H12N2O2. The molecule has 2 rings (SSSR count). The minimum atomic E-state index is -0.625. The molecule has 0 radical (unpaired) electrons. The van der Waals surface area contributed by atoms with Crippen LogP contribution in [0.1, 0.15) is 17.5 Å². The maximum absolute atomic E-state index is 11.6. The zero-order valence-electron chi connectivity index (χ0n) is 8.97. The summed E-state index contributed by atoms with van der Waals surface area (Å²) in [7, 11) is 0. The molecule has 0 saturated carbocycles. The Bertz CT molecular complexity index is 476. The first-order valence-electron chi connectivity index (χ1n) is 5.11. The Balaban J connectivity index is 2.44. The van der Waals surface area contributed by atoms with Crippen LogP contribution in [0.15, 0.2) is 18.2 Å². The number of aryl methyl sites for hydroxylation is 1. The monoisotopic (exact) mass is 216 g/mol. The van der Waals surface area contributed by atoms with Crippen LogP contribution in [0.3, 0.4) is 0 Å². The minimum absolute atomic E-state index is 0.130. The van der Waals surface area contributed by atoms with Crippen molar-refractivity contribution >= 4 is 11.6 Å². The van der Waals surface area contributed by atoms with Gasteiger partial charge in [0, 0.05) is 0 Å². The lowest BCUT2D eigenvalue weighted by Crippen LogP contribution is -2.26. The van der Waals surface area contributed by atoms with Gasteiger partial charge in [-0.05, 0) is 24.6 Å². The molecule has 1 aromatic rings. The van der Waals surface area contributed by atoms with Gasteiger partial charge >= 0.3 is 0 Å². The Morgan fingerprint density at radius 1 is 1.56 bits per heavy atom. The summed E-state index contributed by atoms with van der Waals surface area (Å²) < 4.78 is 0. The second-order valence-electron chi connectivity index (χ2n) is 3.99. The van der Waals surface area contributed by atoms with Crippen LogP contribution in [-0.2, 0) is 4.79 Å². The van der Waals surface area contributed by atoms with E-state index in [-0.39, 0.29) is 18.9 Å². The predicted octanol–water partition coefficient (Wildman–Crippen LogP) is 0.964. The van der Waals surface area contributed by atoms with Gasteiger partial charge in [0.2, 0.25) is 5.91 Å². The second-order valence-corrected chi connectivity index (χ2v) is 3.99. The van der Waals surface area contributed by atoms with E-state index in [1.165, 1.54) is 4.90 Å². The summed E-state index contributed by atoms with van der Waals surface area (Å²) in [5.74, 6) is -0.130. The SMILES string of the molecule is Cc1ccc(C#N)c(N2CC(O)CC2=O)c1. The van der Waals surface area contributed by atoms with Gasteiger partial charge in [-0.15, -0.1) is 0 Å². The summed E-state index contributed by atoms with van der Waals surface area (Å²) >= 11 is 0. The van der Waals surface area contributed by atoms with Crippen molar-refractivity contribution in [3.63, 3.8) is 0 Å².